The fraction of sp³-hybridized carbons (Fsp3) is 0.364. The molecule has 0 fully saturated rings. The molecule has 0 saturated heterocycles. The van der Waals surface area contributed by atoms with E-state index in [0.29, 0.717) is 18.6 Å². The van der Waals surface area contributed by atoms with Crippen LogP contribution in [0.5, 0.6) is 5.75 Å². The Balaban J connectivity index is 0.00000320. The monoisotopic (exact) mass is 436 g/mol. The van der Waals surface area contributed by atoms with Crippen molar-refractivity contribution in [2.45, 2.75) is 37.3 Å². The molecular formula is C22H26ClFN2O4. The fourth-order valence-corrected chi connectivity index (χ4v) is 3.68. The van der Waals surface area contributed by atoms with Crippen molar-refractivity contribution in [1.29, 1.82) is 0 Å². The second-order valence-corrected chi connectivity index (χ2v) is 7.26. The van der Waals surface area contributed by atoms with E-state index in [4.69, 9.17) is 15.2 Å². The lowest BCUT2D eigenvalue weighted by atomic mass is 9.76. The minimum absolute atomic E-state index is 0. The lowest BCUT2D eigenvalue weighted by Crippen LogP contribution is -2.57. The van der Waals surface area contributed by atoms with Crippen LogP contribution in [0, 0.1) is 5.82 Å². The predicted molar refractivity (Wildman–Crippen MR) is 113 cm³/mol. The molecule has 0 radical (unpaired) electrons. The van der Waals surface area contributed by atoms with E-state index in [1.54, 1.807) is 0 Å². The van der Waals surface area contributed by atoms with E-state index in [1.165, 1.54) is 36.9 Å². The van der Waals surface area contributed by atoms with Gasteiger partial charge in [-0.15, -0.1) is 12.4 Å². The summed E-state index contributed by atoms with van der Waals surface area (Å²) in [6.45, 7) is -0.0614. The van der Waals surface area contributed by atoms with Crippen LogP contribution >= 0.6 is 12.4 Å². The van der Waals surface area contributed by atoms with Gasteiger partial charge in [0.25, 0.3) is 5.91 Å². The number of nitrogens with two attached hydrogens (primary N) is 1. The molecule has 8 heteroatoms. The van der Waals surface area contributed by atoms with Gasteiger partial charge in [0.2, 0.25) is 0 Å². The maximum atomic E-state index is 13.1. The molecule has 0 bridgehead atoms. The van der Waals surface area contributed by atoms with Gasteiger partial charge < -0.3 is 20.5 Å². The van der Waals surface area contributed by atoms with Crippen molar-refractivity contribution in [3.63, 3.8) is 0 Å². The standard InChI is InChI=1S/C22H25FN2O4.ClH/c1-28-20(26)13-22(11-10-15-4-2-3-5-16(15)12-22)25-21(27)19(14-24)29-18-8-6-17(23)7-9-18;/h2-9,19H,10-14,24H2,1H3,(H,25,27);1H. The molecule has 30 heavy (non-hydrogen) atoms. The summed E-state index contributed by atoms with van der Waals surface area (Å²) in [5.41, 5.74) is 7.27. The molecule has 2 unspecified atom stereocenters. The van der Waals surface area contributed by atoms with Crippen molar-refractivity contribution in [3.8, 4) is 5.75 Å². The van der Waals surface area contributed by atoms with Crippen LogP contribution in [0.1, 0.15) is 24.0 Å². The number of aryl methyl sites for hydroxylation is 1. The third-order valence-corrected chi connectivity index (χ3v) is 5.22. The lowest BCUT2D eigenvalue weighted by Gasteiger charge is -2.39. The van der Waals surface area contributed by atoms with Crippen molar-refractivity contribution < 1.29 is 23.5 Å². The predicted octanol–water partition coefficient (Wildman–Crippen LogP) is 2.56. The highest BCUT2D eigenvalue weighted by Crippen LogP contribution is 2.32. The minimum Gasteiger partial charge on any atom is -0.479 e. The van der Waals surface area contributed by atoms with E-state index in [1.807, 2.05) is 18.2 Å². The Bertz CT molecular complexity index is 878. The zero-order chi connectivity index (χ0) is 20.9. The Labute approximate surface area is 181 Å². The van der Waals surface area contributed by atoms with Crippen LogP contribution < -0.4 is 15.8 Å². The molecule has 1 amide bonds. The van der Waals surface area contributed by atoms with Gasteiger partial charge in [0.05, 0.1) is 19.1 Å². The first kappa shape index (κ1) is 23.6. The van der Waals surface area contributed by atoms with Crippen molar-refractivity contribution >= 4 is 24.3 Å². The van der Waals surface area contributed by atoms with E-state index in [0.717, 1.165) is 12.0 Å². The van der Waals surface area contributed by atoms with Gasteiger partial charge in [-0.1, -0.05) is 24.3 Å². The van der Waals surface area contributed by atoms with Crippen LogP contribution in [0.3, 0.4) is 0 Å². The first-order valence-electron chi connectivity index (χ1n) is 9.52. The number of amides is 1. The molecule has 0 heterocycles. The second-order valence-electron chi connectivity index (χ2n) is 7.26. The minimum atomic E-state index is -0.966. The number of methoxy groups -OCH3 is 1. The summed E-state index contributed by atoms with van der Waals surface area (Å²) < 4.78 is 23.6. The van der Waals surface area contributed by atoms with Crippen LogP contribution in [0.15, 0.2) is 48.5 Å². The summed E-state index contributed by atoms with van der Waals surface area (Å²) in [5.74, 6) is -0.870. The molecule has 0 aliphatic heterocycles. The topological polar surface area (TPSA) is 90.7 Å². The number of hydrogen-bond donors (Lipinski definition) is 2. The van der Waals surface area contributed by atoms with Gasteiger partial charge in [-0.3, -0.25) is 9.59 Å². The Morgan fingerprint density at radius 3 is 2.47 bits per heavy atom. The van der Waals surface area contributed by atoms with Crippen LogP contribution in [-0.4, -0.2) is 37.2 Å². The van der Waals surface area contributed by atoms with Crippen molar-refractivity contribution in [3.05, 3.63) is 65.5 Å². The fourth-order valence-electron chi connectivity index (χ4n) is 3.68. The number of esters is 1. The number of rotatable bonds is 7. The number of carbonyl (C=O) groups is 2. The number of benzene rings is 2. The molecule has 2 aromatic carbocycles. The van der Waals surface area contributed by atoms with Crippen LogP contribution in [0.2, 0.25) is 0 Å². The summed E-state index contributed by atoms with van der Waals surface area (Å²) in [4.78, 5) is 25.0. The molecule has 1 aliphatic carbocycles. The smallest absolute Gasteiger partial charge is 0.307 e. The first-order valence-corrected chi connectivity index (χ1v) is 9.52. The van der Waals surface area contributed by atoms with Crippen LogP contribution in [-0.2, 0) is 27.2 Å². The van der Waals surface area contributed by atoms with E-state index in [-0.39, 0.29) is 25.4 Å². The van der Waals surface area contributed by atoms with E-state index in [9.17, 15) is 14.0 Å². The van der Waals surface area contributed by atoms with E-state index < -0.39 is 29.3 Å². The Hall–Kier alpha value is -2.64. The van der Waals surface area contributed by atoms with E-state index >= 15 is 0 Å². The van der Waals surface area contributed by atoms with Crippen LogP contribution in [0.4, 0.5) is 4.39 Å². The summed E-state index contributed by atoms with van der Waals surface area (Å²) in [5, 5.41) is 3.00. The number of carbonyl (C=O) groups excluding carboxylic acids is 2. The van der Waals surface area contributed by atoms with Gasteiger partial charge in [-0.2, -0.15) is 0 Å². The Kier molecular flexibility index (Phi) is 8.20. The van der Waals surface area contributed by atoms with Crippen LogP contribution in [0.25, 0.3) is 0 Å². The van der Waals surface area contributed by atoms with Gasteiger partial charge in [0.15, 0.2) is 6.10 Å². The summed E-state index contributed by atoms with van der Waals surface area (Å²) in [6, 6.07) is 13.3. The number of hydrogen-bond acceptors (Lipinski definition) is 5. The number of ether oxygens (including phenoxy) is 2. The molecule has 162 valence electrons. The maximum Gasteiger partial charge on any atom is 0.307 e. The zero-order valence-corrected chi connectivity index (χ0v) is 17.5. The molecular weight excluding hydrogens is 411 g/mol. The van der Waals surface area contributed by atoms with Gasteiger partial charge in [0.1, 0.15) is 11.6 Å². The molecule has 6 nitrogen and oxygen atoms in total. The average molecular weight is 437 g/mol. The van der Waals surface area contributed by atoms with Gasteiger partial charge in [-0.05, 0) is 54.7 Å². The molecule has 1 aliphatic rings. The maximum absolute atomic E-state index is 13.1. The summed E-state index contributed by atoms with van der Waals surface area (Å²) >= 11 is 0. The zero-order valence-electron chi connectivity index (χ0n) is 16.7. The molecule has 0 spiro atoms. The number of fused-ring (bicyclic) bond motifs is 1. The summed E-state index contributed by atoms with van der Waals surface area (Å²) in [6.07, 6.45) is 0.931. The normalized spacial score (nSPS) is 18.4. The SMILES string of the molecule is COC(=O)CC1(NC(=O)C(CN)Oc2ccc(F)cc2)CCc2ccccc2C1.Cl. The first-order chi connectivity index (χ1) is 13.9. The molecule has 3 rings (SSSR count). The average Bonchev–Trinajstić information content (AvgIpc) is 2.73. The molecule has 2 aromatic rings. The third-order valence-electron chi connectivity index (χ3n) is 5.22. The molecule has 0 saturated carbocycles. The Morgan fingerprint density at radius 1 is 1.17 bits per heavy atom. The largest absolute Gasteiger partial charge is 0.479 e. The third kappa shape index (κ3) is 5.70. The second kappa shape index (κ2) is 10.4. The van der Waals surface area contributed by atoms with Gasteiger partial charge in [-0.25, -0.2) is 4.39 Å². The molecule has 2 atom stereocenters. The number of halogens is 2. The Morgan fingerprint density at radius 2 is 1.83 bits per heavy atom. The summed E-state index contributed by atoms with van der Waals surface area (Å²) in [7, 11) is 1.33. The van der Waals surface area contributed by atoms with Crippen molar-refractivity contribution in [2.24, 2.45) is 5.73 Å². The highest BCUT2D eigenvalue weighted by atomic mass is 35.5. The van der Waals surface area contributed by atoms with Crippen molar-refractivity contribution in [2.75, 3.05) is 13.7 Å². The van der Waals surface area contributed by atoms with E-state index in [2.05, 4.69) is 11.4 Å². The molecule has 0 aromatic heterocycles. The van der Waals surface area contributed by atoms with Crippen molar-refractivity contribution in [1.82, 2.24) is 5.32 Å². The molecule has 3 N–H and O–H groups in total. The lowest BCUT2D eigenvalue weighted by molar-refractivity contribution is -0.143. The highest BCUT2D eigenvalue weighted by Gasteiger charge is 2.39. The quantitative estimate of drug-likeness (QED) is 0.651. The van der Waals surface area contributed by atoms with Gasteiger partial charge >= 0.3 is 5.97 Å². The van der Waals surface area contributed by atoms with Gasteiger partial charge in [0, 0.05) is 6.54 Å². The highest BCUT2D eigenvalue weighted by molar-refractivity contribution is 5.85. The number of nitrogens with one attached hydrogen (secondary N) is 1.